The largest absolute Gasteiger partial charge is 0.481 e. The zero-order valence-electron chi connectivity index (χ0n) is 9.76. The van der Waals surface area contributed by atoms with E-state index in [2.05, 4.69) is 5.32 Å². The average Bonchev–Trinajstić information content (AvgIpc) is 2.23. The van der Waals surface area contributed by atoms with Gasteiger partial charge in [-0.3, -0.25) is 4.79 Å². The Morgan fingerprint density at radius 2 is 2.00 bits per heavy atom. The molecule has 4 N–H and O–H groups in total. The molecule has 1 aliphatic carbocycles. The number of primary sulfonamides is 1. The van der Waals surface area contributed by atoms with Gasteiger partial charge in [-0.15, -0.1) is 0 Å². The minimum atomic E-state index is -3.44. The lowest BCUT2D eigenvalue weighted by Gasteiger charge is -2.28. The van der Waals surface area contributed by atoms with E-state index in [0.717, 1.165) is 25.7 Å². The van der Waals surface area contributed by atoms with Crippen molar-refractivity contribution >= 4 is 16.0 Å². The van der Waals surface area contributed by atoms with E-state index in [0.29, 0.717) is 6.54 Å². The smallest absolute Gasteiger partial charge is 0.306 e. The summed E-state index contributed by atoms with van der Waals surface area (Å²) in [5.74, 6) is -1.06. The predicted octanol–water partition coefficient (Wildman–Crippen LogP) is -0.244. The Kier molecular flexibility index (Phi) is 5.35. The molecule has 1 rings (SSSR count). The summed E-state index contributed by atoms with van der Waals surface area (Å²) < 4.78 is 21.4. The fourth-order valence-corrected chi connectivity index (χ4v) is 2.71. The molecular formula is C10H20N2O4S. The van der Waals surface area contributed by atoms with Gasteiger partial charge in [0, 0.05) is 6.54 Å². The van der Waals surface area contributed by atoms with Crippen LogP contribution in [0.15, 0.2) is 0 Å². The van der Waals surface area contributed by atoms with Crippen LogP contribution >= 0.6 is 0 Å². The van der Waals surface area contributed by atoms with Crippen LogP contribution in [-0.4, -0.2) is 38.3 Å². The molecule has 0 aromatic rings. The highest BCUT2D eigenvalue weighted by Crippen LogP contribution is 2.29. The lowest BCUT2D eigenvalue weighted by molar-refractivity contribution is -0.144. The second kappa shape index (κ2) is 6.32. The van der Waals surface area contributed by atoms with Crippen molar-refractivity contribution in [2.24, 2.45) is 17.0 Å². The monoisotopic (exact) mass is 264 g/mol. The molecule has 0 aromatic carbocycles. The number of hydrogen-bond donors (Lipinski definition) is 3. The summed E-state index contributed by atoms with van der Waals surface area (Å²) in [6.07, 6.45) is 3.62. The van der Waals surface area contributed by atoms with E-state index < -0.39 is 16.0 Å². The molecule has 1 aliphatic rings. The Bertz CT molecular complexity index is 355. The standard InChI is InChI=1S/C10H20N2O4S/c11-17(15,16)6-5-12-7-8-3-1-2-4-9(8)10(13)14/h8-9,12H,1-7H2,(H,13,14)(H2,11,15,16). The zero-order valence-corrected chi connectivity index (χ0v) is 10.6. The van der Waals surface area contributed by atoms with Gasteiger partial charge in [0.1, 0.15) is 0 Å². The summed E-state index contributed by atoms with van der Waals surface area (Å²) in [7, 11) is -3.44. The molecule has 0 heterocycles. The number of carboxylic acids is 1. The van der Waals surface area contributed by atoms with Gasteiger partial charge in [0.15, 0.2) is 0 Å². The van der Waals surface area contributed by atoms with Gasteiger partial charge < -0.3 is 10.4 Å². The van der Waals surface area contributed by atoms with Crippen LogP contribution in [0.4, 0.5) is 0 Å². The molecule has 0 aromatic heterocycles. The molecule has 0 saturated heterocycles. The lowest BCUT2D eigenvalue weighted by atomic mass is 9.79. The quantitative estimate of drug-likeness (QED) is 0.573. The average molecular weight is 264 g/mol. The molecule has 0 radical (unpaired) electrons. The van der Waals surface area contributed by atoms with Crippen LogP contribution in [0.25, 0.3) is 0 Å². The van der Waals surface area contributed by atoms with Crippen LogP contribution in [0.2, 0.25) is 0 Å². The van der Waals surface area contributed by atoms with E-state index in [1.54, 1.807) is 0 Å². The topological polar surface area (TPSA) is 109 Å². The molecule has 0 spiro atoms. The van der Waals surface area contributed by atoms with E-state index in [1.165, 1.54) is 0 Å². The van der Waals surface area contributed by atoms with Gasteiger partial charge in [0.2, 0.25) is 10.0 Å². The summed E-state index contributed by atoms with van der Waals surface area (Å²) in [5, 5.41) is 16.9. The van der Waals surface area contributed by atoms with Gasteiger partial charge >= 0.3 is 5.97 Å². The number of nitrogens with two attached hydrogens (primary N) is 1. The first-order valence-electron chi connectivity index (χ1n) is 5.84. The number of sulfonamides is 1. The first-order chi connectivity index (χ1) is 7.90. The minimum absolute atomic E-state index is 0.0988. The molecule has 6 nitrogen and oxygen atoms in total. The molecular weight excluding hydrogens is 244 g/mol. The molecule has 100 valence electrons. The second-order valence-electron chi connectivity index (χ2n) is 4.56. The van der Waals surface area contributed by atoms with Crippen molar-refractivity contribution in [3.63, 3.8) is 0 Å². The molecule has 0 aliphatic heterocycles. The van der Waals surface area contributed by atoms with Crippen molar-refractivity contribution in [3.05, 3.63) is 0 Å². The van der Waals surface area contributed by atoms with Crippen LogP contribution in [0, 0.1) is 11.8 Å². The number of carboxylic acid groups (broad SMARTS) is 1. The molecule has 7 heteroatoms. The summed E-state index contributed by atoms with van der Waals surface area (Å²) in [6.45, 7) is 0.828. The third-order valence-corrected chi connectivity index (χ3v) is 3.97. The summed E-state index contributed by atoms with van der Waals surface area (Å²) in [6, 6.07) is 0. The Morgan fingerprint density at radius 1 is 1.35 bits per heavy atom. The number of carbonyl (C=O) groups is 1. The number of aliphatic carboxylic acids is 1. The number of nitrogens with one attached hydrogen (secondary N) is 1. The van der Waals surface area contributed by atoms with Crippen molar-refractivity contribution < 1.29 is 18.3 Å². The van der Waals surface area contributed by atoms with Crippen LogP contribution in [0.1, 0.15) is 25.7 Å². The maximum absolute atomic E-state index is 11.0. The van der Waals surface area contributed by atoms with Gasteiger partial charge in [-0.2, -0.15) is 0 Å². The van der Waals surface area contributed by atoms with Gasteiger partial charge in [-0.1, -0.05) is 12.8 Å². The summed E-state index contributed by atoms with van der Waals surface area (Å²) in [4.78, 5) is 11.0. The van der Waals surface area contributed by atoms with Crippen molar-refractivity contribution in [2.45, 2.75) is 25.7 Å². The molecule has 1 saturated carbocycles. The van der Waals surface area contributed by atoms with Crippen LogP contribution in [0.5, 0.6) is 0 Å². The first-order valence-corrected chi connectivity index (χ1v) is 7.55. The molecule has 0 bridgehead atoms. The van der Waals surface area contributed by atoms with Crippen LogP contribution in [-0.2, 0) is 14.8 Å². The SMILES string of the molecule is NS(=O)(=O)CCNCC1CCCCC1C(=O)O. The third kappa shape index (κ3) is 5.47. The third-order valence-electron chi connectivity index (χ3n) is 3.20. The van der Waals surface area contributed by atoms with Gasteiger partial charge in [0.25, 0.3) is 0 Å². The van der Waals surface area contributed by atoms with E-state index >= 15 is 0 Å². The maximum Gasteiger partial charge on any atom is 0.306 e. The van der Waals surface area contributed by atoms with E-state index in [9.17, 15) is 13.2 Å². The van der Waals surface area contributed by atoms with Gasteiger partial charge in [-0.05, 0) is 25.3 Å². The Balaban J connectivity index is 2.31. The van der Waals surface area contributed by atoms with Crippen molar-refractivity contribution in [1.29, 1.82) is 0 Å². The highest BCUT2D eigenvalue weighted by molar-refractivity contribution is 7.89. The molecule has 0 amide bonds. The Hall–Kier alpha value is -0.660. The van der Waals surface area contributed by atoms with Gasteiger partial charge in [-0.25, -0.2) is 13.6 Å². The fraction of sp³-hybridized carbons (Fsp3) is 0.900. The van der Waals surface area contributed by atoms with E-state index in [-0.39, 0.29) is 24.1 Å². The van der Waals surface area contributed by atoms with E-state index in [1.807, 2.05) is 0 Å². The number of rotatable bonds is 6. The molecule has 2 atom stereocenters. The maximum atomic E-state index is 11.0. The predicted molar refractivity (Wildman–Crippen MR) is 63.9 cm³/mol. The zero-order chi connectivity index (χ0) is 12.9. The Morgan fingerprint density at radius 3 is 2.59 bits per heavy atom. The highest BCUT2D eigenvalue weighted by Gasteiger charge is 2.30. The Labute approximate surface area is 102 Å². The molecule has 1 fully saturated rings. The summed E-state index contributed by atoms with van der Waals surface area (Å²) in [5.41, 5.74) is 0. The van der Waals surface area contributed by atoms with Crippen molar-refractivity contribution in [1.82, 2.24) is 5.32 Å². The number of hydrogen-bond acceptors (Lipinski definition) is 4. The van der Waals surface area contributed by atoms with Crippen molar-refractivity contribution in [2.75, 3.05) is 18.8 Å². The highest BCUT2D eigenvalue weighted by atomic mass is 32.2. The second-order valence-corrected chi connectivity index (χ2v) is 6.29. The first kappa shape index (κ1) is 14.4. The van der Waals surface area contributed by atoms with E-state index in [4.69, 9.17) is 10.2 Å². The minimum Gasteiger partial charge on any atom is -0.481 e. The van der Waals surface area contributed by atoms with Gasteiger partial charge in [0.05, 0.1) is 11.7 Å². The van der Waals surface area contributed by atoms with Crippen LogP contribution < -0.4 is 10.5 Å². The van der Waals surface area contributed by atoms with Crippen molar-refractivity contribution in [3.8, 4) is 0 Å². The van der Waals surface area contributed by atoms with Crippen LogP contribution in [0.3, 0.4) is 0 Å². The lowest BCUT2D eigenvalue weighted by Crippen LogP contribution is -2.37. The summed E-state index contributed by atoms with van der Waals surface area (Å²) >= 11 is 0. The normalized spacial score (nSPS) is 25.7. The fourth-order valence-electron chi connectivity index (χ4n) is 2.28. The molecule has 2 unspecified atom stereocenters. The molecule has 17 heavy (non-hydrogen) atoms.